The fourth-order valence-electron chi connectivity index (χ4n) is 2.57. The zero-order valence-electron chi connectivity index (χ0n) is 15.6. The molecule has 1 N–H and O–H groups in total. The Morgan fingerprint density at radius 1 is 1.25 bits per heavy atom. The number of halogens is 2. The van der Waals surface area contributed by atoms with E-state index in [9.17, 15) is 13.6 Å². The average Bonchev–Trinajstić information content (AvgIpc) is 3.31. The molecule has 0 aliphatic rings. The Morgan fingerprint density at radius 3 is 2.54 bits per heavy atom. The molecule has 0 bridgehead atoms. The number of anilines is 1. The fraction of sp³-hybridized carbons (Fsp3) is 0.316. The summed E-state index contributed by atoms with van der Waals surface area (Å²) in [5.41, 5.74) is 2.20. The molecule has 1 aromatic carbocycles. The van der Waals surface area contributed by atoms with Gasteiger partial charge in [0.15, 0.2) is 11.0 Å². The number of benzene rings is 1. The third kappa shape index (κ3) is 4.41. The van der Waals surface area contributed by atoms with Crippen LogP contribution in [0.25, 0.3) is 11.4 Å². The summed E-state index contributed by atoms with van der Waals surface area (Å²) in [6.07, 6.45) is 0. The molecule has 148 valence electrons. The van der Waals surface area contributed by atoms with E-state index >= 15 is 0 Å². The van der Waals surface area contributed by atoms with Crippen molar-refractivity contribution >= 4 is 34.7 Å². The minimum absolute atomic E-state index is 0.000921. The van der Waals surface area contributed by atoms with Gasteiger partial charge in [0.1, 0.15) is 0 Å². The summed E-state index contributed by atoms with van der Waals surface area (Å²) in [5.74, 6) is -0.566. The zero-order valence-corrected chi connectivity index (χ0v) is 17.3. The van der Waals surface area contributed by atoms with E-state index in [4.69, 9.17) is 0 Å². The first-order chi connectivity index (χ1) is 13.3. The molecule has 0 atom stereocenters. The predicted molar refractivity (Wildman–Crippen MR) is 109 cm³/mol. The molecule has 2 heterocycles. The van der Waals surface area contributed by atoms with Crippen LogP contribution < -0.4 is 5.32 Å². The van der Waals surface area contributed by atoms with Crippen molar-refractivity contribution in [2.45, 2.75) is 43.6 Å². The number of carbonyl (C=O) groups is 1. The third-order valence-corrected chi connectivity index (χ3v) is 5.74. The van der Waals surface area contributed by atoms with Gasteiger partial charge in [-0.25, -0.2) is 0 Å². The van der Waals surface area contributed by atoms with Crippen molar-refractivity contribution in [1.82, 2.24) is 14.8 Å². The van der Waals surface area contributed by atoms with Crippen molar-refractivity contribution in [2.75, 3.05) is 5.32 Å². The Labute approximate surface area is 170 Å². The molecule has 2 aromatic heterocycles. The molecule has 3 aromatic rings. The predicted octanol–water partition coefficient (Wildman–Crippen LogP) is 5.47. The molecular formula is C19H20F2N4OS2. The molecule has 1 amide bonds. The summed E-state index contributed by atoms with van der Waals surface area (Å²) < 4.78 is 30.6. The number of nitrogens with zero attached hydrogens (tertiary/aromatic N) is 3. The first-order valence-corrected chi connectivity index (χ1v) is 10.5. The normalized spacial score (nSPS) is 11.8. The molecule has 0 spiro atoms. The van der Waals surface area contributed by atoms with Crippen LogP contribution in [0.1, 0.15) is 32.3 Å². The van der Waals surface area contributed by atoms with E-state index in [-0.39, 0.29) is 16.9 Å². The van der Waals surface area contributed by atoms with E-state index in [0.29, 0.717) is 24.0 Å². The SMILES string of the molecule is CCn1c(SC(F)(F)C(=O)Nc2ccc(C(C)C)cc2)nnc1-c1ccsc1. The van der Waals surface area contributed by atoms with Gasteiger partial charge in [0.25, 0.3) is 0 Å². The Bertz CT molecular complexity index is 938. The van der Waals surface area contributed by atoms with Gasteiger partial charge < -0.3 is 9.88 Å². The Kier molecular flexibility index (Phi) is 6.14. The summed E-state index contributed by atoms with van der Waals surface area (Å²) >= 11 is 1.58. The largest absolute Gasteiger partial charge is 0.378 e. The summed E-state index contributed by atoms with van der Waals surface area (Å²) in [6.45, 7) is 6.30. The number of amides is 1. The number of alkyl halides is 2. The second-order valence-electron chi connectivity index (χ2n) is 6.41. The van der Waals surface area contributed by atoms with Gasteiger partial charge in [-0.3, -0.25) is 4.79 Å². The van der Waals surface area contributed by atoms with Gasteiger partial charge in [-0.15, -0.1) is 10.2 Å². The average molecular weight is 423 g/mol. The van der Waals surface area contributed by atoms with Crippen LogP contribution in [0.15, 0.2) is 46.2 Å². The molecule has 0 aliphatic carbocycles. The number of rotatable bonds is 7. The second kappa shape index (κ2) is 8.40. The highest BCUT2D eigenvalue weighted by Crippen LogP contribution is 2.37. The minimum atomic E-state index is -3.69. The van der Waals surface area contributed by atoms with Gasteiger partial charge in [-0.1, -0.05) is 26.0 Å². The molecule has 28 heavy (non-hydrogen) atoms. The van der Waals surface area contributed by atoms with E-state index in [1.165, 1.54) is 11.3 Å². The highest BCUT2D eigenvalue weighted by atomic mass is 32.2. The fourth-order valence-corrected chi connectivity index (χ4v) is 3.99. The number of hydrogen-bond acceptors (Lipinski definition) is 5. The standard InChI is InChI=1S/C19H20F2N4OS2/c1-4-25-16(14-9-10-27-11-14)23-24-18(25)28-19(20,21)17(26)22-15-7-5-13(6-8-15)12(2)3/h5-12H,4H2,1-3H3,(H,22,26). The molecule has 0 fully saturated rings. The summed E-state index contributed by atoms with van der Waals surface area (Å²) in [6, 6.07) is 8.72. The van der Waals surface area contributed by atoms with Gasteiger partial charge in [0, 0.05) is 23.2 Å². The Hall–Kier alpha value is -2.26. The molecule has 9 heteroatoms. The lowest BCUT2D eigenvalue weighted by Gasteiger charge is -2.16. The molecular weight excluding hydrogens is 402 g/mol. The smallest absolute Gasteiger partial charge is 0.320 e. The molecule has 0 radical (unpaired) electrons. The van der Waals surface area contributed by atoms with Crippen LogP contribution in [-0.2, 0) is 11.3 Å². The number of carbonyl (C=O) groups excluding carboxylic acids is 1. The van der Waals surface area contributed by atoms with Crippen LogP contribution in [0.4, 0.5) is 14.5 Å². The van der Waals surface area contributed by atoms with Gasteiger partial charge in [-0.2, -0.15) is 20.1 Å². The van der Waals surface area contributed by atoms with Gasteiger partial charge in [0.05, 0.1) is 0 Å². The Morgan fingerprint density at radius 2 is 1.96 bits per heavy atom. The summed E-state index contributed by atoms with van der Waals surface area (Å²) in [7, 11) is 0. The number of nitrogens with one attached hydrogen (secondary N) is 1. The topological polar surface area (TPSA) is 59.8 Å². The van der Waals surface area contributed by atoms with E-state index < -0.39 is 11.2 Å². The van der Waals surface area contributed by atoms with Crippen LogP contribution in [0.5, 0.6) is 0 Å². The lowest BCUT2D eigenvalue weighted by Crippen LogP contribution is -2.31. The first-order valence-electron chi connectivity index (χ1n) is 8.75. The molecule has 0 aliphatic heterocycles. The van der Waals surface area contributed by atoms with Crippen molar-refractivity contribution in [3.05, 3.63) is 46.7 Å². The monoisotopic (exact) mass is 422 g/mol. The number of thioether (sulfide) groups is 1. The molecule has 3 rings (SSSR count). The van der Waals surface area contributed by atoms with Crippen LogP contribution in [0.2, 0.25) is 0 Å². The van der Waals surface area contributed by atoms with Crippen LogP contribution in [0.3, 0.4) is 0 Å². The van der Waals surface area contributed by atoms with Crippen LogP contribution >= 0.6 is 23.1 Å². The van der Waals surface area contributed by atoms with Crippen molar-refractivity contribution in [1.29, 1.82) is 0 Å². The third-order valence-electron chi connectivity index (χ3n) is 4.13. The van der Waals surface area contributed by atoms with E-state index in [0.717, 1.165) is 11.1 Å². The van der Waals surface area contributed by atoms with E-state index in [1.807, 2.05) is 49.7 Å². The number of thiophene rings is 1. The van der Waals surface area contributed by atoms with Crippen molar-refractivity contribution in [3.63, 3.8) is 0 Å². The maximum Gasteiger partial charge on any atom is 0.378 e. The summed E-state index contributed by atoms with van der Waals surface area (Å²) in [4.78, 5) is 12.2. The molecule has 0 saturated carbocycles. The highest BCUT2D eigenvalue weighted by Gasteiger charge is 2.42. The highest BCUT2D eigenvalue weighted by molar-refractivity contribution is 8.00. The number of hydrogen-bond donors (Lipinski definition) is 1. The Balaban J connectivity index is 1.75. The zero-order chi connectivity index (χ0) is 20.3. The van der Waals surface area contributed by atoms with Crippen molar-refractivity contribution in [3.8, 4) is 11.4 Å². The van der Waals surface area contributed by atoms with Gasteiger partial charge >= 0.3 is 11.2 Å². The molecule has 5 nitrogen and oxygen atoms in total. The van der Waals surface area contributed by atoms with Crippen molar-refractivity contribution < 1.29 is 13.6 Å². The van der Waals surface area contributed by atoms with Gasteiger partial charge in [0.2, 0.25) is 0 Å². The summed E-state index contributed by atoms with van der Waals surface area (Å²) in [5, 5.41) is 10.2. The number of aromatic nitrogens is 3. The second-order valence-corrected chi connectivity index (χ2v) is 8.27. The van der Waals surface area contributed by atoms with E-state index in [2.05, 4.69) is 15.5 Å². The quantitative estimate of drug-likeness (QED) is 0.513. The first kappa shape index (κ1) is 20.5. The minimum Gasteiger partial charge on any atom is -0.320 e. The molecule has 0 unspecified atom stereocenters. The lowest BCUT2D eigenvalue weighted by atomic mass is 10.0. The van der Waals surface area contributed by atoms with E-state index in [1.54, 1.807) is 16.7 Å². The molecule has 0 saturated heterocycles. The van der Waals surface area contributed by atoms with Crippen molar-refractivity contribution in [2.24, 2.45) is 0 Å². The lowest BCUT2D eigenvalue weighted by molar-refractivity contribution is -0.129. The van der Waals surface area contributed by atoms with Crippen LogP contribution in [0, 0.1) is 0 Å². The maximum atomic E-state index is 14.5. The maximum absolute atomic E-state index is 14.5. The van der Waals surface area contributed by atoms with Crippen LogP contribution in [-0.4, -0.2) is 25.9 Å². The van der Waals surface area contributed by atoms with Gasteiger partial charge in [-0.05, 0) is 53.7 Å².